The van der Waals surface area contributed by atoms with Gasteiger partial charge in [-0.15, -0.1) is 0 Å². The topological polar surface area (TPSA) is 129 Å². The Morgan fingerprint density at radius 3 is 1.59 bits per heavy atom. The van der Waals surface area contributed by atoms with Gasteiger partial charge in [-0.1, -0.05) is 0 Å². The lowest BCUT2D eigenvalue weighted by molar-refractivity contribution is 0.177. The first-order valence-electron chi connectivity index (χ1n) is 4.24. The van der Waals surface area contributed by atoms with Gasteiger partial charge in [0.2, 0.25) is 0 Å². The van der Waals surface area contributed by atoms with Gasteiger partial charge in [0, 0.05) is 0 Å². The quantitative estimate of drug-likeness (QED) is 0.772. The molecule has 0 amide bonds. The maximum absolute atomic E-state index is 11.0. The first kappa shape index (κ1) is 14.1. The van der Waals surface area contributed by atoms with Crippen LogP contribution < -0.4 is 0 Å². The van der Waals surface area contributed by atoms with E-state index in [-0.39, 0.29) is 11.1 Å². The number of rotatable bonds is 3. The van der Waals surface area contributed by atoms with Crippen LogP contribution in [0.3, 0.4) is 0 Å². The van der Waals surface area contributed by atoms with Crippen LogP contribution in [0.25, 0.3) is 0 Å². The number of hydrogen-bond acceptors (Lipinski definition) is 4. The van der Waals surface area contributed by atoms with Crippen molar-refractivity contribution in [3.63, 3.8) is 0 Å². The average Bonchev–Trinajstić information content (AvgIpc) is 2.14. The van der Waals surface area contributed by atoms with Crippen LogP contribution in [0.15, 0.2) is 21.9 Å². The fraction of sp³-hybridized carbons (Fsp3) is 0.250. The van der Waals surface area contributed by atoms with E-state index in [1.54, 1.807) is 0 Å². The molecule has 0 bridgehead atoms. The summed E-state index contributed by atoms with van der Waals surface area (Å²) in [6, 6.07) is 1.73. The van der Waals surface area contributed by atoms with E-state index in [4.69, 9.17) is 9.11 Å². The molecule has 0 saturated carbocycles. The average molecular weight is 281 g/mol. The predicted molar refractivity (Wildman–Crippen MR) is 55.2 cm³/mol. The molecule has 0 heterocycles. The third-order valence-electron chi connectivity index (χ3n) is 2.09. The summed E-state index contributed by atoms with van der Waals surface area (Å²) in [5.41, 5.74) is -0.511. The largest absolute Gasteiger partial charge is 0.294 e. The van der Waals surface area contributed by atoms with Crippen molar-refractivity contribution >= 4 is 20.2 Å². The first-order chi connectivity index (χ1) is 7.57. The van der Waals surface area contributed by atoms with E-state index >= 15 is 0 Å². The molecular weight excluding hydrogens is 272 g/mol. The molecule has 0 fully saturated rings. The van der Waals surface area contributed by atoms with Crippen LogP contribution in [0.2, 0.25) is 0 Å². The van der Waals surface area contributed by atoms with Gasteiger partial charge >= 0.3 is 0 Å². The summed E-state index contributed by atoms with van der Waals surface area (Å²) in [7, 11) is -9.33. The van der Waals surface area contributed by atoms with Crippen LogP contribution in [0.4, 0.5) is 0 Å². The molecule has 0 unspecified atom stereocenters. The van der Waals surface area contributed by atoms with Gasteiger partial charge in [-0.25, -0.2) is 5.11 Å². The van der Waals surface area contributed by atoms with Gasteiger partial charge in [0.25, 0.3) is 20.2 Å². The van der Waals surface area contributed by atoms with E-state index in [2.05, 4.69) is 0 Å². The summed E-state index contributed by atoms with van der Waals surface area (Å²) >= 11 is 0. The summed E-state index contributed by atoms with van der Waals surface area (Å²) in [6.07, 6.45) is 0. The van der Waals surface area contributed by atoms with Crippen molar-refractivity contribution in [3.8, 4) is 0 Å². The maximum atomic E-state index is 11.0. The highest BCUT2D eigenvalue weighted by Gasteiger charge is 2.23. The Hall–Kier alpha value is -1.00. The molecule has 0 atom stereocenters. The maximum Gasteiger partial charge on any atom is 0.294 e. The van der Waals surface area contributed by atoms with Crippen molar-refractivity contribution in [2.75, 3.05) is 0 Å². The van der Waals surface area contributed by atoms with Crippen molar-refractivity contribution in [3.05, 3.63) is 23.3 Å². The molecule has 95 valence electrons. The molecule has 0 aliphatic heterocycles. The highest BCUT2D eigenvalue weighted by atomic mass is 32.2. The lowest BCUT2D eigenvalue weighted by Crippen LogP contribution is -2.09. The molecule has 1 rings (SSSR count). The molecule has 0 aromatic heterocycles. The van der Waals surface area contributed by atoms with Crippen molar-refractivity contribution in [1.82, 2.24) is 0 Å². The first-order valence-corrected chi connectivity index (χ1v) is 7.12. The van der Waals surface area contributed by atoms with E-state index in [1.807, 2.05) is 0 Å². The van der Waals surface area contributed by atoms with Crippen LogP contribution >= 0.6 is 0 Å². The Bertz CT molecular complexity index is 589. The van der Waals surface area contributed by atoms with Crippen LogP contribution in [0.1, 0.15) is 11.1 Å². The Morgan fingerprint density at radius 1 is 1.00 bits per heavy atom. The second-order valence-electron chi connectivity index (χ2n) is 3.31. The fourth-order valence-electron chi connectivity index (χ4n) is 1.34. The Labute approximate surface area is 98.2 Å². The lowest BCUT2D eigenvalue weighted by atomic mass is 10.1. The lowest BCUT2D eigenvalue weighted by Gasteiger charge is -2.09. The van der Waals surface area contributed by atoms with Gasteiger partial charge in [-0.3, -0.25) is 9.11 Å². The standard InChI is InChI=1S/C8H9O7S2/c1-5-7(16(10,11)12)2-6(4-9)3-8(5)17(13,14)15/h2-3H,4H2,1H3,(H,10,11,12)(H,13,14,15). The third-order valence-corrected chi connectivity index (χ3v) is 4.05. The predicted octanol–water partition coefficient (Wildman–Crippen LogP) is 0.419. The molecule has 7 nitrogen and oxygen atoms in total. The second kappa shape index (κ2) is 4.35. The number of hydrogen-bond donors (Lipinski definition) is 2. The zero-order chi connectivity index (χ0) is 13.4. The molecule has 1 aromatic rings. The molecular formula is C8H9O7S2. The normalized spacial score (nSPS) is 12.7. The molecule has 17 heavy (non-hydrogen) atoms. The molecule has 0 saturated heterocycles. The van der Waals surface area contributed by atoms with Gasteiger partial charge in [-0.05, 0) is 30.2 Å². The monoisotopic (exact) mass is 281 g/mol. The van der Waals surface area contributed by atoms with Crippen molar-refractivity contribution in [1.29, 1.82) is 0 Å². The minimum atomic E-state index is -4.66. The van der Waals surface area contributed by atoms with Gasteiger partial charge in [0.1, 0.15) is 6.61 Å². The van der Waals surface area contributed by atoms with Crippen LogP contribution in [-0.4, -0.2) is 25.9 Å². The second-order valence-corrected chi connectivity index (χ2v) is 6.09. The van der Waals surface area contributed by atoms with Crippen molar-refractivity contribution in [2.24, 2.45) is 0 Å². The number of benzene rings is 1. The zero-order valence-electron chi connectivity index (χ0n) is 8.61. The van der Waals surface area contributed by atoms with Crippen LogP contribution in [-0.2, 0) is 31.9 Å². The van der Waals surface area contributed by atoms with Gasteiger partial charge in [0.15, 0.2) is 0 Å². The van der Waals surface area contributed by atoms with Crippen LogP contribution in [0.5, 0.6) is 0 Å². The molecule has 0 spiro atoms. The smallest absolute Gasteiger partial charge is 0.282 e. The summed E-state index contributed by atoms with van der Waals surface area (Å²) < 4.78 is 61.7. The van der Waals surface area contributed by atoms with Crippen LogP contribution in [0, 0.1) is 6.92 Å². The molecule has 1 radical (unpaired) electrons. The molecule has 2 N–H and O–H groups in total. The molecule has 9 heteroatoms. The molecule has 1 aromatic carbocycles. The van der Waals surface area contributed by atoms with E-state index in [1.165, 1.54) is 0 Å². The third kappa shape index (κ3) is 3.01. The van der Waals surface area contributed by atoms with Crippen molar-refractivity contribution < 1.29 is 31.0 Å². The zero-order valence-corrected chi connectivity index (χ0v) is 10.2. The summed E-state index contributed by atoms with van der Waals surface area (Å²) in [4.78, 5) is -1.42. The van der Waals surface area contributed by atoms with E-state index in [0.717, 1.165) is 19.1 Å². The van der Waals surface area contributed by atoms with Gasteiger partial charge in [-0.2, -0.15) is 16.8 Å². The SMILES string of the molecule is Cc1c(S(=O)(=O)O)cc(C[O])cc1S(=O)(=O)O. The van der Waals surface area contributed by atoms with E-state index < -0.39 is 36.6 Å². The highest BCUT2D eigenvalue weighted by molar-refractivity contribution is 7.86. The minimum absolute atomic E-state index is 0.171. The van der Waals surface area contributed by atoms with Gasteiger partial charge in [0.05, 0.1) is 9.79 Å². The van der Waals surface area contributed by atoms with E-state index in [9.17, 15) is 21.9 Å². The Morgan fingerprint density at radius 2 is 1.35 bits per heavy atom. The summed E-state index contributed by atoms with van der Waals surface area (Å²) in [5.74, 6) is 0. The fourth-order valence-corrected chi connectivity index (χ4v) is 2.99. The minimum Gasteiger partial charge on any atom is -0.282 e. The highest BCUT2D eigenvalue weighted by Crippen LogP contribution is 2.25. The molecule has 0 aliphatic rings. The summed E-state index contributed by atoms with van der Waals surface area (Å²) in [6.45, 7) is 0.214. The Kier molecular flexibility index (Phi) is 3.60. The Balaban J connectivity index is 3.78. The van der Waals surface area contributed by atoms with E-state index in [0.29, 0.717) is 0 Å². The summed E-state index contributed by atoms with van der Waals surface area (Å²) in [5, 5.41) is 10.6. The van der Waals surface area contributed by atoms with Crippen molar-refractivity contribution in [2.45, 2.75) is 23.3 Å². The molecule has 0 aliphatic carbocycles. The van der Waals surface area contributed by atoms with Gasteiger partial charge < -0.3 is 0 Å².